The second kappa shape index (κ2) is 7.75. The zero-order valence-electron chi connectivity index (χ0n) is 15.8. The summed E-state index contributed by atoms with van der Waals surface area (Å²) in [4.78, 5) is 9.15. The third-order valence-corrected chi connectivity index (χ3v) is 4.30. The van der Waals surface area contributed by atoms with E-state index in [1.165, 1.54) is 12.1 Å². The molecule has 4 aromatic rings. The van der Waals surface area contributed by atoms with E-state index in [-0.39, 0.29) is 0 Å². The molecule has 0 bridgehead atoms. The number of ether oxygens (including phenoxy) is 1. The standard InChI is InChI=1S/C21H17F2N5O/c1-3-29-18-10-13(12-7-14(22)11-15(23)8-12)9-16-19(18)26-21(27-20(16)24-2)17-5-4-6-25-28-17/h4-11H,3H2,1-2H3,(H,24,26,27). The minimum atomic E-state index is -0.652. The van der Waals surface area contributed by atoms with Crippen molar-refractivity contribution in [1.29, 1.82) is 0 Å². The Bertz CT molecular complexity index is 1160. The van der Waals surface area contributed by atoms with Crippen LogP contribution in [0.5, 0.6) is 5.75 Å². The number of hydrogen-bond donors (Lipinski definition) is 1. The molecule has 1 N–H and O–H groups in total. The van der Waals surface area contributed by atoms with Crippen molar-refractivity contribution in [3.8, 4) is 28.4 Å². The van der Waals surface area contributed by atoms with Gasteiger partial charge >= 0.3 is 0 Å². The van der Waals surface area contributed by atoms with Crippen LogP contribution in [0.15, 0.2) is 48.7 Å². The fourth-order valence-electron chi connectivity index (χ4n) is 3.08. The average molecular weight is 393 g/mol. The van der Waals surface area contributed by atoms with Gasteiger partial charge in [-0.3, -0.25) is 0 Å². The molecule has 0 radical (unpaired) electrons. The summed E-state index contributed by atoms with van der Waals surface area (Å²) in [5.41, 5.74) is 2.06. The van der Waals surface area contributed by atoms with E-state index in [0.29, 0.717) is 51.7 Å². The third kappa shape index (κ3) is 3.69. The summed E-state index contributed by atoms with van der Waals surface area (Å²) in [6.45, 7) is 2.25. The molecule has 2 aromatic heterocycles. The molecule has 0 saturated heterocycles. The second-order valence-electron chi connectivity index (χ2n) is 6.22. The molecule has 0 spiro atoms. The maximum Gasteiger partial charge on any atom is 0.182 e. The number of fused-ring (bicyclic) bond motifs is 1. The Morgan fingerprint density at radius 1 is 1.00 bits per heavy atom. The van der Waals surface area contributed by atoms with Crippen molar-refractivity contribution in [3.05, 3.63) is 60.3 Å². The monoisotopic (exact) mass is 393 g/mol. The minimum absolute atomic E-state index is 0.389. The molecule has 0 unspecified atom stereocenters. The Morgan fingerprint density at radius 3 is 2.41 bits per heavy atom. The molecule has 4 rings (SSSR count). The summed E-state index contributed by atoms with van der Waals surface area (Å²) < 4.78 is 33.3. The van der Waals surface area contributed by atoms with Gasteiger partial charge in [0.15, 0.2) is 5.82 Å². The fraction of sp³-hybridized carbons (Fsp3) is 0.143. The average Bonchev–Trinajstić information content (AvgIpc) is 2.73. The Hall–Kier alpha value is -3.68. The summed E-state index contributed by atoms with van der Waals surface area (Å²) in [7, 11) is 1.73. The van der Waals surface area contributed by atoms with Crippen LogP contribution in [0.1, 0.15) is 6.92 Å². The summed E-state index contributed by atoms with van der Waals surface area (Å²) >= 11 is 0. The highest BCUT2D eigenvalue weighted by atomic mass is 19.1. The van der Waals surface area contributed by atoms with Gasteiger partial charge in [-0.15, -0.1) is 5.10 Å². The molecule has 146 valence electrons. The number of nitrogens with one attached hydrogen (secondary N) is 1. The Kier molecular flexibility index (Phi) is 4.99. The van der Waals surface area contributed by atoms with Gasteiger partial charge in [0.2, 0.25) is 0 Å². The van der Waals surface area contributed by atoms with Crippen LogP contribution >= 0.6 is 0 Å². The first-order chi connectivity index (χ1) is 14.1. The number of anilines is 1. The largest absolute Gasteiger partial charge is 0.492 e. The van der Waals surface area contributed by atoms with Gasteiger partial charge in [0.25, 0.3) is 0 Å². The number of aromatic nitrogens is 4. The molecular formula is C21H17F2N5O. The predicted octanol–water partition coefficient (Wildman–Crippen LogP) is 4.47. The highest BCUT2D eigenvalue weighted by molar-refractivity contribution is 5.97. The normalized spacial score (nSPS) is 10.9. The quantitative estimate of drug-likeness (QED) is 0.539. The summed E-state index contributed by atoms with van der Waals surface area (Å²) in [5, 5.41) is 11.6. The van der Waals surface area contributed by atoms with Gasteiger partial charge in [-0.2, -0.15) is 5.10 Å². The Morgan fingerprint density at radius 2 is 1.76 bits per heavy atom. The molecule has 0 amide bonds. The van der Waals surface area contributed by atoms with Crippen molar-refractivity contribution < 1.29 is 13.5 Å². The second-order valence-corrected chi connectivity index (χ2v) is 6.22. The maximum atomic E-state index is 13.7. The SMILES string of the molecule is CCOc1cc(-c2cc(F)cc(F)c2)cc2c(NC)nc(-c3cccnn3)nc12. The van der Waals surface area contributed by atoms with Crippen molar-refractivity contribution in [2.24, 2.45) is 0 Å². The van der Waals surface area contributed by atoms with Gasteiger partial charge in [0.05, 0.1) is 6.61 Å². The van der Waals surface area contributed by atoms with Crippen molar-refractivity contribution in [2.45, 2.75) is 6.92 Å². The first-order valence-corrected chi connectivity index (χ1v) is 9.00. The smallest absolute Gasteiger partial charge is 0.182 e. The van der Waals surface area contributed by atoms with E-state index in [4.69, 9.17) is 4.74 Å². The first kappa shape index (κ1) is 18.7. The van der Waals surface area contributed by atoms with E-state index in [1.54, 1.807) is 37.5 Å². The van der Waals surface area contributed by atoms with E-state index < -0.39 is 11.6 Å². The lowest BCUT2D eigenvalue weighted by atomic mass is 10.0. The molecule has 29 heavy (non-hydrogen) atoms. The number of rotatable bonds is 5. The molecule has 2 heterocycles. The Balaban J connectivity index is 1.98. The molecule has 2 aromatic carbocycles. The predicted molar refractivity (Wildman–Crippen MR) is 107 cm³/mol. The molecule has 0 saturated carbocycles. The lowest BCUT2D eigenvalue weighted by Gasteiger charge is -2.14. The summed E-state index contributed by atoms with van der Waals surface area (Å²) in [6, 6.07) is 10.4. The van der Waals surface area contributed by atoms with Crippen molar-refractivity contribution in [2.75, 3.05) is 19.0 Å². The van der Waals surface area contributed by atoms with E-state index in [0.717, 1.165) is 6.07 Å². The van der Waals surface area contributed by atoms with E-state index in [2.05, 4.69) is 25.5 Å². The van der Waals surface area contributed by atoms with Crippen LogP contribution in [0.25, 0.3) is 33.5 Å². The van der Waals surface area contributed by atoms with Gasteiger partial charge < -0.3 is 10.1 Å². The minimum Gasteiger partial charge on any atom is -0.492 e. The highest BCUT2D eigenvalue weighted by Crippen LogP contribution is 2.36. The van der Waals surface area contributed by atoms with Crippen LogP contribution in [0.4, 0.5) is 14.6 Å². The van der Waals surface area contributed by atoms with Crippen LogP contribution < -0.4 is 10.1 Å². The van der Waals surface area contributed by atoms with Gasteiger partial charge in [-0.1, -0.05) is 0 Å². The van der Waals surface area contributed by atoms with E-state index in [1.807, 2.05) is 6.92 Å². The zero-order chi connectivity index (χ0) is 20.4. The maximum absolute atomic E-state index is 13.7. The van der Waals surface area contributed by atoms with Crippen molar-refractivity contribution >= 4 is 16.7 Å². The number of nitrogens with zero attached hydrogens (tertiary/aromatic N) is 4. The molecular weight excluding hydrogens is 376 g/mol. The summed E-state index contributed by atoms with van der Waals surface area (Å²) in [5.74, 6) is 0.104. The number of benzene rings is 2. The number of halogens is 2. The van der Waals surface area contributed by atoms with Crippen molar-refractivity contribution in [3.63, 3.8) is 0 Å². The molecule has 6 nitrogen and oxygen atoms in total. The molecule has 0 aliphatic rings. The van der Waals surface area contributed by atoms with Crippen LogP contribution in [-0.2, 0) is 0 Å². The van der Waals surface area contributed by atoms with Gasteiger partial charge in [-0.05, 0) is 54.4 Å². The molecule has 8 heteroatoms. The Labute approximate surface area is 165 Å². The first-order valence-electron chi connectivity index (χ1n) is 9.00. The molecule has 0 aliphatic carbocycles. The number of hydrogen-bond acceptors (Lipinski definition) is 6. The lowest BCUT2D eigenvalue weighted by molar-refractivity contribution is 0.344. The van der Waals surface area contributed by atoms with E-state index in [9.17, 15) is 8.78 Å². The highest BCUT2D eigenvalue weighted by Gasteiger charge is 2.16. The summed E-state index contributed by atoms with van der Waals surface area (Å²) in [6.07, 6.45) is 1.57. The van der Waals surface area contributed by atoms with Crippen LogP contribution in [-0.4, -0.2) is 33.8 Å². The molecule has 0 fully saturated rings. The van der Waals surface area contributed by atoms with Gasteiger partial charge in [0, 0.05) is 24.7 Å². The molecule has 0 atom stereocenters. The van der Waals surface area contributed by atoms with E-state index >= 15 is 0 Å². The van der Waals surface area contributed by atoms with Crippen LogP contribution in [0.3, 0.4) is 0 Å². The fourth-order valence-corrected chi connectivity index (χ4v) is 3.08. The topological polar surface area (TPSA) is 72.8 Å². The lowest BCUT2D eigenvalue weighted by Crippen LogP contribution is -2.03. The van der Waals surface area contributed by atoms with Crippen LogP contribution in [0.2, 0.25) is 0 Å². The molecule has 0 aliphatic heterocycles. The van der Waals surface area contributed by atoms with Crippen LogP contribution in [0, 0.1) is 11.6 Å². The van der Waals surface area contributed by atoms with Crippen molar-refractivity contribution in [1.82, 2.24) is 20.2 Å². The third-order valence-electron chi connectivity index (χ3n) is 4.30. The van der Waals surface area contributed by atoms with Gasteiger partial charge in [0.1, 0.15) is 34.4 Å². The zero-order valence-corrected chi connectivity index (χ0v) is 15.8. The van der Waals surface area contributed by atoms with Gasteiger partial charge in [-0.25, -0.2) is 18.7 Å².